The maximum atomic E-state index is 11.5. The Hall–Kier alpha value is -1.35. The van der Waals surface area contributed by atoms with E-state index < -0.39 is 5.97 Å². The second-order valence-electron chi connectivity index (χ2n) is 5.08. The summed E-state index contributed by atoms with van der Waals surface area (Å²) in [6, 6.07) is 10.0. The Morgan fingerprint density at radius 2 is 2.06 bits per heavy atom. The average Bonchev–Trinajstić information content (AvgIpc) is 2.75. The molecular weight excluding hydrogens is 214 g/mol. The molecule has 0 aliphatic carbocycles. The van der Waals surface area contributed by atoms with Crippen molar-refractivity contribution < 1.29 is 9.90 Å². The minimum atomic E-state index is -0.701. The predicted octanol–water partition coefficient (Wildman–Crippen LogP) is 1.88. The highest BCUT2D eigenvalue weighted by molar-refractivity contribution is 5.73. The van der Waals surface area contributed by atoms with Crippen LogP contribution in [0.4, 0.5) is 0 Å². The van der Waals surface area contributed by atoms with Gasteiger partial charge in [0, 0.05) is 18.5 Å². The van der Waals surface area contributed by atoms with Gasteiger partial charge in [-0.25, -0.2) is 0 Å². The lowest BCUT2D eigenvalue weighted by molar-refractivity contribution is -0.143. The highest BCUT2D eigenvalue weighted by atomic mass is 16.4. The summed E-state index contributed by atoms with van der Waals surface area (Å²) in [6.07, 6.45) is 0. The Morgan fingerprint density at radius 1 is 1.41 bits per heavy atom. The van der Waals surface area contributed by atoms with Gasteiger partial charge in [0.1, 0.15) is 0 Å². The molecule has 0 aromatic heterocycles. The standard InChI is InChI=1S/C14H19NO2/c1-10(2)14(11-6-4-3-5-7-11)9-15-8-12(14)13(16)17/h3-7,10,12,15H,8-9H2,1-2H3,(H,16,17). The SMILES string of the molecule is CC(C)C1(c2ccccc2)CNCC1C(=O)O. The summed E-state index contributed by atoms with van der Waals surface area (Å²) in [4.78, 5) is 11.5. The van der Waals surface area contributed by atoms with Crippen molar-refractivity contribution in [2.24, 2.45) is 11.8 Å². The topological polar surface area (TPSA) is 49.3 Å². The molecule has 1 aromatic carbocycles. The van der Waals surface area contributed by atoms with Gasteiger partial charge in [-0.15, -0.1) is 0 Å². The zero-order valence-corrected chi connectivity index (χ0v) is 10.3. The van der Waals surface area contributed by atoms with Crippen LogP contribution in [0.2, 0.25) is 0 Å². The highest BCUT2D eigenvalue weighted by Gasteiger charge is 2.50. The number of hydrogen-bond acceptors (Lipinski definition) is 2. The summed E-state index contributed by atoms with van der Waals surface area (Å²) < 4.78 is 0. The van der Waals surface area contributed by atoms with E-state index in [1.807, 2.05) is 30.3 Å². The minimum Gasteiger partial charge on any atom is -0.481 e. The Morgan fingerprint density at radius 3 is 2.59 bits per heavy atom. The van der Waals surface area contributed by atoms with E-state index in [1.54, 1.807) is 0 Å². The number of carbonyl (C=O) groups is 1. The van der Waals surface area contributed by atoms with Crippen LogP contribution in [0.25, 0.3) is 0 Å². The second kappa shape index (κ2) is 4.49. The number of nitrogens with one attached hydrogen (secondary N) is 1. The first-order valence-electron chi connectivity index (χ1n) is 6.08. The average molecular weight is 233 g/mol. The molecule has 1 fully saturated rings. The Bertz CT molecular complexity index is 402. The van der Waals surface area contributed by atoms with Gasteiger partial charge in [0.15, 0.2) is 0 Å². The molecule has 1 aromatic rings. The molecule has 0 spiro atoms. The number of benzene rings is 1. The van der Waals surface area contributed by atoms with Crippen molar-refractivity contribution in [2.75, 3.05) is 13.1 Å². The molecular formula is C14H19NO2. The van der Waals surface area contributed by atoms with Crippen LogP contribution in [0.1, 0.15) is 19.4 Å². The summed E-state index contributed by atoms with van der Waals surface area (Å²) in [5.74, 6) is -0.751. The molecule has 0 bridgehead atoms. The minimum absolute atomic E-state index is 0.285. The second-order valence-corrected chi connectivity index (χ2v) is 5.08. The van der Waals surface area contributed by atoms with Gasteiger partial charge in [-0.1, -0.05) is 44.2 Å². The third-order valence-electron chi connectivity index (χ3n) is 4.03. The third kappa shape index (κ3) is 1.84. The summed E-state index contributed by atoms with van der Waals surface area (Å²) in [5, 5.41) is 12.7. The summed E-state index contributed by atoms with van der Waals surface area (Å²) in [7, 11) is 0. The maximum absolute atomic E-state index is 11.5. The fraction of sp³-hybridized carbons (Fsp3) is 0.500. The lowest BCUT2D eigenvalue weighted by Crippen LogP contribution is -2.43. The molecule has 1 heterocycles. The first-order valence-corrected chi connectivity index (χ1v) is 6.08. The number of carboxylic acid groups (broad SMARTS) is 1. The van der Waals surface area contributed by atoms with Gasteiger partial charge in [0.25, 0.3) is 0 Å². The van der Waals surface area contributed by atoms with E-state index in [1.165, 1.54) is 0 Å². The van der Waals surface area contributed by atoms with Crippen LogP contribution in [-0.2, 0) is 10.2 Å². The molecule has 1 aliphatic rings. The lowest BCUT2D eigenvalue weighted by Gasteiger charge is -2.37. The molecule has 2 atom stereocenters. The first-order chi connectivity index (χ1) is 8.09. The monoisotopic (exact) mass is 233 g/mol. The summed E-state index contributed by atoms with van der Waals surface area (Å²) >= 11 is 0. The van der Waals surface area contributed by atoms with Gasteiger partial charge in [-0.05, 0) is 11.5 Å². The van der Waals surface area contributed by atoms with Crippen molar-refractivity contribution in [3.8, 4) is 0 Å². The molecule has 3 heteroatoms. The third-order valence-corrected chi connectivity index (χ3v) is 4.03. The number of hydrogen-bond donors (Lipinski definition) is 2. The number of aliphatic carboxylic acids is 1. The van der Waals surface area contributed by atoms with Crippen LogP contribution < -0.4 is 5.32 Å². The largest absolute Gasteiger partial charge is 0.481 e. The van der Waals surface area contributed by atoms with Crippen LogP contribution in [0.15, 0.2) is 30.3 Å². The van der Waals surface area contributed by atoms with Crippen molar-refractivity contribution in [1.29, 1.82) is 0 Å². The van der Waals surface area contributed by atoms with E-state index in [4.69, 9.17) is 0 Å². The van der Waals surface area contributed by atoms with Crippen molar-refractivity contribution >= 4 is 5.97 Å². The van der Waals surface area contributed by atoms with E-state index in [0.717, 1.165) is 12.1 Å². The Kier molecular flexibility index (Phi) is 3.20. The van der Waals surface area contributed by atoms with Crippen molar-refractivity contribution in [3.05, 3.63) is 35.9 Å². The van der Waals surface area contributed by atoms with Crippen LogP contribution in [-0.4, -0.2) is 24.2 Å². The quantitative estimate of drug-likeness (QED) is 0.838. The molecule has 1 aliphatic heterocycles. The van der Waals surface area contributed by atoms with Crippen LogP contribution in [0.5, 0.6) is 0 Å². The van der Waals surface area contributed by atoms with Crippen LogP contribution in [0, 0.1) is 11.8 Å². The molecule has 0 radical (unpaired) electrons. The zero-order chi connectivity index (χ0) is 12.5. The van der Waals surface area contributed by atoms with E-state index >= 15 is 0 Å². The van der Waals surface area contributed by atoms with Gasteiger partial charge < -0.3 is 10.4 Å². The Balaban J connectivity index is 2.50. The molecule has 92 valence electrons. The predicted molar refractivity (Wildman–Crippen MR) is 67.0 cm³/mol. The number of rotatable bonds is 3. The smallest absolute Gasteiger partial charge is 0.308 e. The molecule has 17 heavy (non-hydrogen) atoms. The van der Waals surface area contributed by atoms with Crippen molar-refractivity contribution in [1.82, 2.24) is 5.32 Å². The molecule has 2 N–H and O–H groups in total. The zero-order valence-electron chi connectivity index (χ0n) is 10.3. The highest BCUT2D eigenvalue weighted by Crippen LogP contribution is 2.42. The Labute approximate surface area is 102 Å². The van der Waals surface area contributed by atoms with Gasteiger partial charge in [-0.3, -0.25) is 4.79 Å². The molecule has 0 amide bonds. The lowest BCUT2D eigenvalue weighted by atomic mass is 9.65. The van der Waals surface area contributed by atoms with E-state index in [2.05, 4.69) is 19.2 Å². The van der Waals surface area contributed by atoms with Crippen molar-refractivity contribution in [3.63, 3.8) is 0 Å². The maximum Gasteiger partial charge on any atom is 0.308 e. The van der Waals surface area contributed by atoms with Crippen LogP contribution in [0.3, 0.4) is 0 Å². The molecule has 2 rings (SSSR count). The molecule has 1 saturated heterocycles. The molecule has 0 saturated carbocycles. The van der Waals surface area contributed by atoms with Crippen molar-refractivity contribution in [2.45, 2.75) is 19.3 Å². The fourth-order valence-electron chi connectivity index (χ4n) is 3.03. The fourth-order valence-corrected chi connectivity index (χ4v) is 3.03. The van der Waals surface area contributed by atoms with E-state index in [-0.39, 0.29) is 11.3 Å². The van der Waals surface area contributed by atoms with Gasteiger partial charge >= 0.3 is 5.97 Å². The number of carboxylic acids is 1. The van der Waals surface area contributed by atoms with Gasteiger partial charge in [0.2, 0.25) is 0 Å². The van der Waals surface area contributed by atoms with Gasteiger partial charge in [0.05, 0.1) is 5.92 Å². The summed E-state index contributed by atoms with van der Waals surface area (Å²) in [6.45, 7) is 5.51. The van der Waals surface area contributed by atoms with Crippen LogP contribution >= 0.6 is 0 Å². The molecule has 3 nitrogen and oxygen atoms in total. The first kappa shape index (κ1) is 12.1. The summed E-state index contributed by atoms with van der Waals surface area (Å²) in [5.41, 5.74) is 0.847. The van der Waals surface area contributed by atoms with E-state index in [9.17, 15) is 9.90 Å². The molecule has 2 unspecified atom stereocenters. The normalized spacial score (nSPS) is 28.5. The van der Waals surface area contributed by atoms with Gasteiger partial charge in [-0.2, -0.15) is 0 Å². The van der Waals surface area contributed by atoms with E-state index in [0.29, 0.717) is 12.5 Å².